The van der Waals surface area contributed by atoms with Crippen LogP contribution in [-0.2, 0) is 20.8 Å². The molecular weight excluding hydrogens is 308 g/mol. The van der Waals surface area contributed by atoms with E-state index in [1.54, 1.807) is 4.90 Å². The number of hydrogen-bond acceptors (Lipinski definition) is 3. The Bertz CT molecular complexity index is 631. The fourth-order valence-electron chi connectivity index (χ4n) is 3.58. The van der Waals surface area contributed by atoms with Crippen LogP contribution in [0, 0.1) is 5.92 Å². The van der Waals surface area contributed by atoms with Gasteiger partial charge in [0.1, 0.15) is 6.04 Å². The molecule has 2 heterocycles. The lowest BCUT2D eigenvalue weighted by atomic mass is 10.1. The maximum Gasteiger partial charge on any atom is 0.326 e. The summed E-state index contributed by atoms with van der Waals surface area (Å²) in [5.74, 6) is -1.56. The average Bonchev–Trinajstić information content (AvgIpc) is 3.20. The third-order valence-corrected chi connectivity index (χ3v) is 4.90. The van der Waals surface area contributed by atoms with Gasteiger partial charge in [0.05, 0.1) is 5.92 Å². The number of rotatable bonds is 5. The zero-order valence-corrected chi connectivity index (χ0v) is 13.6. The highest BCUT2D eigenvalue weighted by Gasteiger charge is 2.41. The quantitative estimate of drug-likeness (QED) is 0.878. The Morgan fingerprint density at radius 1 is 1.21 bits per heavy atom. The first-order valence-electron chi connectivity index (χ1n) is 8.41. The molecule has 24 heavy (non-hydrogen) atoms. The minimum Gasteiger partial charge on any atom is -0.480 e. The van der Waals surface area contributed by atoms with E-state index in [1.807, 2.05) is 30.3 Å². The van der Waals surface area contributed by atoms with Crippen LogP contribution in [-0.4, -0.2) is 58.4 Å². The number of carbonyl (C=O) groups is 3. The van der Waals surface area contributed by atoms with Crippen molar-refractivity contribution in [1.29, 1.82) is 0 Å². The lowest BCUT2D eigenvalue weighted by Crippen LogP contribution is -2.44. The minimum absolute atomic E-state index is 0.0182. The number of amides is 2. The van der Waals surface area contributed by atoms with Gasteiger partial charge in [0.25, 0.3) is 0 Å². The summed E-state index contributed by atoms with van der Waals surface area (Å²) < 4.78 is 0. The number of carbonyl (C=O) groups excluding carboxylic acids is 2. The molecule has 1 aromatic rings. The second-order valence-electron chi connectivity index (χ2n) is 6.50. The van der Waals surface area contributed by atoms with E-state index >= 15 is 0 Å². The van der Waals surface area contributed by atoms with Crippen LogP contribution in [0.15, 0.2) is 30.3 Å². The molecule has 3 rings (SSSR count). The summed E-state index contributed by atoms with van der Waals surface area (Å²) in [6.07, 6.45) is 2.16. The predicted molar refractivity (Wildman–Crippen MR) is 87.2 cm³/mol. The molecule has 6 heteroatoms. The summed E-state index contributed by atoms with van der Waals surface area (Å²) in [6.45, 7) is 1.47. The van der Waals surface area contributed by atoms with Gasteiger partial charge < -0.3 is 14.9 Å². The number of nitrogens with zero attached hydrogens (tertiary/aromatic N) is 2. The molecule has 1 aromatic carbocycles. The first-order chi connectivity index (χ1) is 11.6. The van der Waals surface area contributed by atoms with Crippen molar-refractivity contribution in [2.24, 2.45) is 5.92 Å². The Hall–Kier alpha value is -2.37. The average molecular weight is 330 g/mol. The molecule has 2 aliphatic heterocycles. The molecule has 0 aliphatic carbocycles. The predicted octanol–water partition coefficient (Wildman–Crippen LogP) is 1.15. The van der Waals surface area contributed by atoms with Crippen molar-refractivity contribution in [2.75, 3.05) is 19.6 Å². The molecule has 2 aliphatic rings. The second kappa shape index (κ2) is 7.03. The van der Waals surface area contributed by atoms with Gasteiger partial charge in [-0.3, -0.25) is 9.59 Å². The normalized spacial score (nSPS) is 23.8. The lowest BCUT2D eigenvalue weighted by molar-refractivity contribution is -0.149. The smallest absolute Gasteiger partial charge is 0.326 e. The molecule has 0 aromatic heterocycles. The number of hydrogen-bond donors (Lipinski definition) is 1. The van der Waals surface area contributed by atoms with Crippen LogP contribution in [0.4, 0.5) is 0 Å². The maximum absolute atomic E-state index is 12.6. The van der Waals surface area contributed by atoms with E-state index in [2.05, 4.69) is 0 Å². The minimum atomic E-state index is -0.953. The van der Waals surface area contributed by atoms with E-state index in [0.29, 0.717) is 32.5 Å². The van der Waals surface area contributed by atoms with Gasteiger partial charge >= 0.3 is 5.97 Å². The van der Waals surface area contributed by atoms with Crippen molar-refractivity contribution in [3.8, 4) is 0 Å². The van der Waals surface area contributed by atoms with Crippen molar-refractivity contribution in [3.63, 3.8) is 0 Å². The molecule has 6 nitrogen and oxygen atoms in total. The number of likely N-dealkylation sites (tertiary alicyclic amines) is 2. The molecule has 0 saturated carbocycles. The highest BCUT2D eigenvalue weighted by Crippen LogP contribution is 2.25. The maximum atomic E-state index is 12.6. The Kier molecular flexibility index (Phi) is 4.83. The molecular formula is C18H22N2O4. The molecule has 128 valence electrons. The summed E-state index contributed by atoms with van der Waals surface area (Å²) in [6, 6.07) is 9.19. The standard InChI is InChI=1S/C18H22N2O4/c21-16-11-14(17(22)20-9-4-7-15(20)18(23)24)12-19(16)10-8-13-5-2-1-3-6-13/h1-3,5-6,14-15H,4,7-12H2,(H,23,24)/t14-,15-/m1/s1. The Morgan fingerprint density at radius 2 is 1.96 bits per heavy atom. The number of carboxylic acid groups (broad SMARTS) is 1. The topological polar surface area (TPSA) is 77.9 Å². The van der Waals surface area contributed by atoms with E-state index in [0.717, 1.165) is 12.0 Å². The van der Waals surface area contributed by atoms with Crippen molar-refractivity contribution in [2.45, 2.75) is 31.7 Å². The Morgan fingerprint density at radius 3 is 2.67 bits per heavy atom. The van der Waals surface area contributed by atoms with Crippen LogP contribution in [0.3, 0.4) is 0 Å². The summed E-state index contributed by atoms with van der Waals surface area (Å²) in [4.78, 5) is 39.2. The van der Waals surface area contributed by atoms with Crippen LogP contribution in [0.25, 0.3) is 0 Å². The van der Waals surface area contributed by atoms with Crippen molar-refractivity contribution in [3.05, 3.63) is 35.9 Å². The lowest BCUT2D eigenvalue weighted by Gasteiger charge is -2.24. The van der Waals surface area contributed by atoms with Gasteiger partial charge in [0.15, 0.2) is 0 Å². The van der Waals surface area contributed by atoms with Crippen LogP contribution in [0.1, 0.15) is 24.8 Å². The number of carboxylic acids is 1. The molecule has 0 unspecified atom stereocenters. The highest BCUT2D eigenvalue weighted by atomic mass is 16.4. The zero-order valence-electron chi connectivity index (χ0n) is 13.6. The summed E-state index contributed by atoms with van der Waals surface area (Å²) in [5, 5.41) is 9.22. The van der Waals surface area contributed by atoms with Crippen molar-refractivity contribution < 1.29 is 19.5 Å². The van der Waals surface area contributed by atoms with Crippen LogP contribution in [0.2, 0.25) is 0 Å². The number of benzene rings is 1. The van der Waals surface area contributed by atoms with Crippen molar-refractivity contribution >= 4 is 17.8 Å². The molecule has 0 radical (unpaired) electrons. The third-order valence-electron chi connectivity index (χ3n) is 4.90. The van der Waals surface area contributed by atoms with Gasteiger partial charge in [0.2, 0.25) is 11.8 Å². The SMILES string of the molecule is O=C(O)[C@H]1CCCN1C(=O)[C@@H]1CC(=O)N(CCc2ccccc2)C1. The zero-order chi connectivity index (χ0) is 17.1. The van der Waals surface area contributed by atoms with E-state index in [-0.39, 0.29) is 18.2 Å². The molecule has 2 fully saturated rings. The molecule has 0 spiro atoms. The first kappa shape index (κ1) is 16.5. The van der Waals surface area contributed by atoms with Gasteiger partial charge in [-0.25, -0.2) is 4.79 Å². The van der Waals surface area contributed by atoms with E-state index in [9.17, 15) is 19.5 Å². The van der Waals surface area contributed by atoms with Crippen LogP contribution < -0.4 is 0 Å². The molecule has 0 bridgehead atoms. The van der Waals surface area contributed by atoms with Crippen molar-refractivity contribution in [1.82, 2.24) is 9.80 Å². The van der Waals surface area contributed by atoms with Gasteiger partial charge in [0, 0.05) is 26.1 Å². The molecule has 2 saturated heterocycles. The Labute approximate surface area is 141 Å². The Balaban J connectivity index is 1.58. The largest absolute Gasteiger partial charge is 0.480 e. The van der Waals surface area contributed by atoms with Crippen LogP contribution in [0.5, 0.6) is 0 Å². The monoisotopic (exact) mass is 330 g/mol. The second-order valence-corrected chi connectivity index (χ2v) is 6.50. The highest BCUT2D eigenvalue weighted by molar-refractivity contribution is 5.91. The summed E-state index contributed by atoms with van der Waals surface area (Å²) >= 11 is 0. The van der Waals surface area contributed by atoms with Gasteiger partial charge in [-0.15, -0.1) is 0 Å². The van der Waals surface area contributed by atoms with Gasteiger partial charge in [-0.2, -0.15) is 0 Å². The summed E-state index contributed by atoms with van der Waals surface area (Å²) in [5.41, 5.74) is 1.16. The van der Waals surface area contributed by atoms with E-state index in [1.165, 1.54) is 4.90 Å². The van der Waals surface area contributed by atoms with E-state index in [4.69, 9.17) is 0 Å². The van der Waals surface area contributed by atoms with Crippen LogP contribution >= 0.6 is 0 Å². The third kappa shape index (κ3) is 3.42. The molecule has 2 atom stereocenters. The van der Waals surface area contributed by atoms with Gasteiger partial charge in [-0.1, -0.05) is 30.3 Å². The molecule has 1 N–H and O–H groups in total. The summed E-state index contributed by atoms with van der Waals surface area (Å²) in [7, 11) is 0. The fraction of sp³-hybridized carbons (Fsp3) is 0.500. The molecule has 2 amide bonds. The van der Waals surface area contributed by atoms with Gasteiger partial charge in [-0.05, 0) is 24.8 Å². The van der Waals surface area contributed by atoms with E-state index < -0.39 is 17.9 Å². The first-order valence-corrected chi connectivity index (χ1v) is 8.41. The fourth-order valence-corrected chi connectivity index (χ4v) is 3.58. The number of aliphatic carboxylic acids is 1.